The van der Waals surface area contributed by atoms with Crippen LogP contribution in [0.1, 0.15) is 58.1 Å². The van der Waals surface area contributed by atoms with Crippen LogP contribution in [0.4, 0.5) is 5.69 Å². The molecule has 0 aliphatic heterocycles. The summed E-state index contributed by atoms with van der Waals surface area (Å²) in [7, 11) is -3.56. The van der Waals surface area contributed by atoms with E-state index in [4.69, 9.17) is 0 Å². The maximum absolute atomic E-state index is 12.5. The van der Waals surface area contributed by atoms with E-state index in [9.17, 15) is 8.42 Å². The summed E-state index contributed by atoms with van der Waals surface area (Å²) in [6, 6.07) is 14.7. The van der Waals surface area contributed by atoms with Crippen LogP contribution in [0.2, 0.25) is 0 Å². The molecule has 1 unspecified atom stereocenters. The second-order valence-electron chi connectivity index (χ2n) is 7.31. The van der Waals surface area contributed by atoms with Crippen LogP contribution in [0.25, 0.3) is 0 Å². The van der Waals surface area contributed by atoms with Crippen molar-refractivity contribution in [3.8, 4) is 0 Å². The van der Waals surface area contributed by atoms with Gasteiger partial charge in [0.2, 0.25) is 0 Å². The average Bonchev–Trinajstić information content (AvgIpc) is 2.53. The number of anilines is 1. The van der Waals surface area contributed by atoms with E-state index in [-0.39, 0.29) is 10.3 Å². The van der Waals surface area contributed by atoms with Crippen molar-refractivity contribution in [3.63, 3.8) is 0 Å². The molecule has 1 N–H and O–H groups in total. The van der Waals surface area contributed by atoms with Gasteiger partial charge in [-0.15, -0.1) is 0 Å². The van der Waals surface area contributed by atoms with Crippen molar-refractivity contribution in [1.82, 2.24) is 0 Å². The van der Waals surface area contributed by atoms with Gasteiger partial charge in [0.25, 0.3) is 10.0 Å². The first kappa shape index (κ1) is 18.5. The van der Waals surface area contributed by atoms with E-state index in [0.717, 1.165) is 12.0 Å². The second-order valence-corrected chi connectivity index (χ2v) is 8.99. The molecule has 0 aliphatic rings. The van der Waals surface area contributed by atoms with Crippen molar-refractivity contribution >= 4 is 15.7 Å². The van der Waals surface area contributed by atoms with Crippen LogP contribution in [0.3, 0.4) is 0 Å². The predicted molar refractivity (Wildman–Crippen MR) is 101 cm³/mol. The van der Waals surface area contributed by atoms with Crippen molar-refractivity contribution in [2.75, 3.05) is 4.72 Å². The lowest BCUT2D eigenvalue weighted by Crippen LogP contribution is -2.14. The van der Waals surface area contributed by atoms with E-state index in [1.54, 1.807) is 12.1 Å². The van der Waals surface area contributed by atoms with Gasteiger partial charge in [0.15, 0.2) is 0 Å². The normalized spacial score (nSPS) is 13.5. The summed E-state index contributed by atoms with van der Waals surface area (Å²) in [4.78, 5) is 0.287. The fourth-order valence-corrected chi connectivity index (χ4v) is 3.52. The van der Waals surface area contributed by atoms with Crippen LogP contribution >= 0.6 is 0 Å². The molecule has 0 amide bonds. The first-order chi connectivity index (χ1) is 11.1. The zero-order valence-electron chi connectivity index (χ0n) is 15.1. The third-order valence-corrected chi connectivity index (χ3v) is 5.77. The molecule has 0 bridgehead atoms. The first-order valence-electron chi connectivity index (χ1n) is 8.37. The zero-order valence-corrected chi connectivity index (χ0v) is 15.9. The molecule has 1 atom stereocenters. The van der Waals surface area contributed by atoms with Gasteiger partial charge in [0.05, 0.1) is 4.90 Å². The molecule has 0 saturated carbocycles. The van der Waals surface area contributed by atoms with Gasteiger partial charge in [-0.05, 0) is 53.1 Å². The molecular formula is C20H27NO2S. The van der Waals surface area contributed by atoms with E-state index in [0.29, 0.717) is 11.6 Å². The molecule has 2 rings (SSSR count). The van der Waals surface area contributed by atoms with Crippen molar-refractivity contribution in [3.05, 3.63) is 59.7 Å². The summed E-state index contributed by atoms with van der Waals surface area (Å²) < 4.78 is 27.7. The highest BCUT2D eigenvalue weighted by atomic mass is 32.2. The molecule has 3 nitrogen and oxygen atoms in total. The Morgan fingerprint density at radius 2 is 1.50 bits per heavy atom. The van der Waals surface area contributed by atoms with Crippen LogP contribution in [-0.2, 0) is 15.4 Å². The Bertz CT molecular complexity index is 770. The van der Waals surface area contributed by atoms with Crippen molar-refractivity contribution < 1.29 is 8.42 Å². The van der Waals surface area contributed by atoms with E-state index in [1.165, 1.54) is 5.56 Å². The minimum absolute atomic E-state index is 0.0448. The van der Waals surface area contributed by atoms with E-state index >= 15 is 0 Å². The Kier molecular flexibility index (Phi) is 5.38. The maximum atomic E-state index is 12.5. The van der Waals surface area contributed by atoms with Crippen molar-refractivity contribution in [2.24, 2.45) is 0 Å². The fraction of sp³-hybridized carbons (Fsp3) is 0.400. The average molecular weight is 346 g/mol. The molecular weight excluding hydrogens is 318 g/mol. The van der Waals surface area contributed by atoms with Crippen LogP contribution < -0.4 is 4.72 Å². The zero-order chi connectivity index (χ0) is 18.0. The Morgan fingerprint density at radius 1 is 0.958 bits per heavy atom. The number of nitrogens with one attached hydrogen (secondary N) is 1. The molecule has 24 heavy (non-hydrogen) atoms. The summed E-state index contributed by atoms with van der Waals surface area (Å²) in [5.41, 5.74) is 2.95. The third-order valence-electron chi connectivity index (χ3n) is 4.37. The Hall–Kier alpha value is -1.81. The molecule has 0 aliphatic carbocycles. The van der Waals surface area contributed by atoms with Gasteiger partial charge in [-0.25, -0.2) is 8.42 Å². The number of hydrogen-bond donors (Lipinski definition) is 1. The molecule has 0 saturated heterocycles. The van der Waals surface area contributed by atoms with Gasteiger partial charge in [0, 0.05) is 5.69 Å². The van der Waals surface area contributed by atoms with Crippen LogP contribution in [0.15, 0.2) is 53.4 Å². The van der Waals surface area contributed by atoms with E-state index in [1.807, 2.05) is 36.4 Å². The smallest absolute Gasteiger partial charge is 0.261 e. The highest BCUT2D eigenvalue weighted by Crippen LogP contribution is 2.25. The third kappa shape index (κ3) is 4.38. The first-order valence-corrected chi connectivity index (χ1v) is 9.85. The summed E-state index contributed by atoms with van der Waals surface area (Å²) in [5, 5.41) is 0. The number of benzene rings is 2. The number of rotatable bonds is 5. The Labute approximate surface area is 146 Å². The molecule has 0 radical (unpaired) electrons. The summed E-state index contributed by atoms with van der Waals surface area (Å²) in [6.45, 7) is 10.7. The number of hydrogen-bond acceptors (Lipinski definition) is 2. The van der Waals surface area contributed by atoms with Crippen LogP contribution in [-0.4, -0.2) is 8.42 Å². The van der Waals surface area contributed by atoms with Crippen LogP contribution in [0.5, 0.6) is 0 Å². The fourth-order valence-electron chi connectivity index (χ4n) is 2.46. The highest BCUT2D eigenvalue weighted by Gasteiger charge is 2.16. The topological polar surface area (TPSA) is 46.2 Å². The monoisotopic (exact) mass is 345 g/mol. The maximum Gasteiger partial charge on any atom is 0.261 e. The van der Waals surface area contributed by atoms with Gasteiger partial charge in [-0.2, -0.15) is 0 Å². The minimum atomic E-state index is -3.56. The molecule has 0 spiro atoms. The lowest BCUT2D eigenvalue weighted by Gasteiger charge is -2.19. The SMILES string of the molecule is CCC(C)c1ccc(S(=O)(=O)Nc2ccc(C(C)(C)C)cc2)cc1. The van der Waals surface area contributed by atoms with E-state index in [2.05, 4.69) is 39.3 Å². The van der Waals surface area contributed by atoms with Gasteiger partial charge < -0.3 is 0 Å². The summed E-state index contributed by atoms with van der Waals surface area (Å²) in [6.07, 6.45) is 1.03. The molecule has 2 aromatic rings. The number of sulfonamides is 1. The lowest BCUT2D eigenvalue weighted by molar-refractivity contribution is 0.590. The standard InChI is InChI=1S/C20H27NO2S/c1-6-15(2)16-7-13-19(14-8-16)24(22,23)21-18-11-9-17(10-12-18)20(3,4)5/h7-15,21H,6H2,1-5H3. The van der Waals surface area contributed by atoms with Crippen molar-refractivity contribution in [2.45, 2.75) is 57.3 Å². The molecule has 0 aromatic heterocycles. The van der Waals surface area contributed by atoms with Crippen LogP contribution in [0, 0.1) is 0 Å². The van der Waals surface area contributed by atoms with Gasteiger partial charge >= 0.3 is 0 Å². The van der Waals surface area contributed by atoms with E-state index < -0.39 is 10.0 Å². The molecule has 4 heteroatoms. The Balaban J connectivity index is 2.19. The Morgan fingerprint density at radius 3 is 1.96 bits per heavy atom. The lowest BCUT2D eigenvalue weighted by atomic mass is 9.87. The molecule has 2 aromatic carbocycles. The summed E-state index contributed by atoms with van der Waals surface area (Å²) in [5.74, 6) is 0.430. The quantitative estimate of drug-likeness (QED) is 0.799. The van der Waals surface area contributed by atoms with Gasteiger partial charge in [-0.3, -0.25) is 4.72 Å². The highest BCUT2D eigenvalue weighted by molar-refractivity contribution is 7.92. The molecule has 130 valence electrons. The van der Waals surface area contributed by atoms with Crippen molar-refractivity contribution in [1.29, 1.82) is 0 Å². The largest absolute Gasteiger partial charge is 0.280 e. The molecule has 0 heterocycles. The predicted octanol–water partition coefficient (Wildman–Crippen LogP) is 5.30. The molecule has 0 fully saturated rings. The minimum Gasteiger partial charge on any atom is -0.280 e. The van der Waals surface area contributed by atoms with Gasteiger partial charge in [0.1, 0.15) is 0 Å². The summed E-state index contributed by atoms with van der Waals surface area (Å²) >= 11 is 0. The second kappa shape index (κ2) is 6.98. The van der Waals surface area contributed by atoms with Gasteiger partial charge in [-0.1, -0.05) is 58.9 Å².